The molecular formula is C22H15Cl3N2O2. The summed E-state index contributed by atoms with van der Waals surface area (Å²) in [5.41, 5.74) is 2.42. The minimum absolute atomic E-state index is 0.145. The molecule has 1 unspecified atom stereocenters. The van der Waals surface area contributed by atoms with Crippen molar-refractivity contribution >= 4 is 52.3 Å². The monoisotopic (exact) mass is 444 g/mol. The van der Waals surface area contributed by atoms with Crippen LogP contribution in [0, 0.1) is 0 Å². The van der Waals surface area contributed by atoms with Crippen LogP contribution in [-0.2, 0) is 4.79 Å². The molecule has 0 aliphatic carbocycles. The van der Waals surface area contributed by atoms with Gasteiger partial charge in [-0.2, -0.15) is 0 Å². The zero-order chi connectivity index (χ0) is 20.5. The van der Waals surface area contributed by atoms with Gasteiger partial charge in [-0.25, -0.2) is 0 Å². The number of nitrogens with one attached hydrogen (secondary N) is 1. The van der Waals surface area contributed by atoms with Gasteiger partial charge in [-0.15, -0.1) is 0 Å². The normalized spacial score (nSPS) is 16.0. The zero-order valence-corrected chi connectivity index (χ0v) is 17.3. The van der Waals surface area contributed by atoms with Crippen LogP contribution in [0.3, 0.4) is 0 Å². The molecule has 3 aromatic carbocycles. The Morgan fingerprint density at radius 3 is 2.38 bits per heavy atom. The third-order valence-electron chi connectivity index (χ3n) is 4.74. The quantitative estimate of drug-likeness (QED) is 0.539. The van der Waals surface area contributed by atoms with Crippen LogP contribution in [0.1, 0.15) is 27.5 Å². The summed E-state index contributed by atoms with van der Waals surface area (Å²) >= 11 is 18.6. The van der Waals surface area contributed by atoms with Crippen molar-refractivity contribution in [3.63, 3.8) is 0 Å². The summed E-state index contributed by atoms with van der Waals surface area (Å²) in [5.74, 6) is -0.701. The van der Waals surface area contributed by atoms with E-state index >= 15 is 0 Å². The lowest BCUT2D eigenvalue weighted by Crippen LogP contribution is -2.39. The molecule has 1 N–H and O–H groups in total. The molecule has 0 spiro atoms. The van der Waals surface area contributed by atoms with Gasteiger partial charge < -0.3 is 10.2 Å². The van der Waals surface area contributed by atoms with Gasteiger partial charge in [0.15, 0.2) is 0 Å². The molecule has 4 nitrogen and oxygen atoms in total. The number of hydrogen-bond donors (Lipinski definition) is 1. The summed E-state index contributed by atoms with van der Waals surface area (Å²) in [4.78, 5) is 27.6. The first-order valence-electron chi connectivity index (χ1n) is 8.84. The maximum atomic E-state index is 13.5. The summed E-state index contributed by atoms with van der Waals surface area (Å²) in [5, 5.41) is 4.02. The maximum Gasteiger partial charge on any atom is 0.256 e. The Morgan fingerprint density at radius 2 is 1.62 bits per heavy atom. The average molecular weight is 446 g/mol. The minimum atomic E-state index is -0.536. The molecule has 0 radical (unpaired) electrons. The Bertz CT molecular complexity index is 1100. The fourth-order valence-electron chi connectivity index (χ4n) is 3.48. The number of benzene rings is 3. The second-order valence-corrected chi connectivity index (χ2v) is 7.93. The van der Waals surface area contributed by atoms with Gasteiger partial charge in [0.2, 0.25) is 5.91 Å². The number of fused-ring (bicyclic) bond motifs is 1. The van der Waals surface area contributed by atoms with E-state index < -0.39 is 11.9 Å². The fraction of sp³-hybridized carbons (Fsp3) is 0.0909. The van der Waals surface area contributed by atoms with Crippen LogP contribution >= 0.6 is 34.8 Å². The molecule has 29 heavy (non-hydrogen) atoms. The number of amides is 2. The Labute approximate surface area is 183 Å². The minimum Gasteiger partial charge on any atom is -0.324 e. The summed E-state index contributed by atoms with van der Waals surface area (Å²) in [7, 11) is 0. The number of nitrogens with zero attached hydrogens (tertiary/aromatic N) is 1. The maximum absolute atomic E-state index is 13.5. The number of hydrogen-bond acceptors (Lipinski definition) is 2. The molecule has 0 saturated carbocycles. The SMILES string of the molecule is O=C1CN(C(=O)c2cc(Cl)ccc2Cl)C(c2ccccc2)c2cc(Cl)ccc2N1. The van der Waals surface area contributed by atoms with Crippen LogP contribution in [0.5, 0.6) is 0 Å². The van der Waals surface area contributed by atoms with Crippen molar-refractivity contribution in [3.05, 3.63) is 98.5 Å². The average Bonchev–Trinajstić information content (AvgIpc) is 2.85. The Kier molecular flexibility index (Phi) is 5.50. The van der Waals surface area contributed by atoms with E-state index in [1.54, 1.807) is 30.3 Å². The molecule has 1 atom stereocenters. The molecule has 1 aliphatic rings. The molecular weight excluding hydrogens is 431 g/mol. The third kappa shape index (κ3) is 3.97. The van der Waals surface area contributed by atoms with E-state index in [1.807, 2.05) is 30.3 Å². The number of carbonyl (C=O) groups is 2. The summed E-state index contributed by atoms with van der Waals surface area (Å²) in [6.07, 6.45) is 0. The summed E-state index contributed by atoms with van der Waals surface area (Å²) < 4.78 is 0. The summed E-state index contributed by atoms with van der Waals surface area (Å²) in [6.45, 7) is -0.145. The molecule has 2 amide bonds. The van der Waals surface area contributed by atoms with Gasteiger partial charge in [-0.1, -0.05) is 65.1 Å². The number of halogens is 3. The number of carbonyl (C=O) groups excluding carboxylic acids is 2. The molecule has 1 heterocycles. The summed E-state index contributed by atoms with van der Waals surface area (Å²) in [6, 6.07) is 18.8. The first-order valence-corrected chi connectivity index (χ1v) is 9.97. The van der Waals surface area contributed by atoms with E-state index in [4.69, 9.17) is 34.8 Å². The van der Waals surface area contributed by atoms with Crippen molar-refractivity contribution in [2.75, 3.05) is 11.9 Å². The fourth-order valence-corrected chi connectivity index (χ4v) is 4.03. The van der Waals surface area contributed by atoms with E-state index in [2.05, 4.69) is 5.32 Å². The largest absolute Gasteiger partial charge is 0.324 e. The van der Waals surface area contributed by atoms with Gasteiger partial charge in [-0.05, 0) is 42.0 Å². The van der Waals surface area contributed by atoms with Gasteiger partial charge in [0.25, 0.3) is 5.91 Å². The van der Waals surface area contributed by atoms with E-state index in [0.29, 0.717) is 15.7 Å². The Hall–Kier alpha value is -2.53. The molecule has 0 aromatic heterocycles. The van der Waals surface area contributed by atoms with Crippen LogP contribution in [0.15, 0.2) is 66.7 Å². The standard InChI is InChI=1S/C22H15Cl3N2O2/c23-14-6-8-18(25)16(10-14)22(29)27-12-20(28)26-19-9-7-15(24)11-17(19)21(27)13-4-2-1-3-5-13/h1-11,21H,12H2,(H,26,28). The third-order valence-corrected chi connectivity index (χ3v) is 5.54. The first kappa shape index (κ1) is 19.8. The second-order valence-electron chi connectivity index (χ2n) is 6.65. The van der Waals surface area contributed by atoms with E-state index in [1.165, 1.54) is 11.0 Å². The van der Waals surface area contributed by atoms with Crippen molar-refractivity contribution in [2.24, 2.45) is 0 Å². The van der Waals surface area contributed by atoms with Gasteiger partial charge in [0.1, 0.15) is 6.54 Å². The molecule has 4 rings (SSSR count). The van der Waals surface area contributed by atoms with Gasteiger partial charge >= 0.3 is 0 Å². The number of anilines is 1. The van der Waals surface area contributed by atoms with Gasteiger partial charge in [0.05, 0.1) is 16.6 Å². The molecule has 0 fully saturated rings. The van der Waals surface area contributed by atoms with E-state index in [9.17, 15) is 9.59 Å². The van der Waals surface area contributed by atoms with Crippen molar-refractivity contribution in [1.82, 2.24) is 4.90 Å². The van der Waals surface area contributed by atoms with E-state index in [0.717, 1.165) is 11.1 Å². The van der Waals surface area contributed by atoms with Crippen molar-refractivity contribution in [1.29, 1.82) is 0 Å². The van der Waals surface area contributed by atoms with Crippen LogP contribution in [-0.4, -0.2) is 23.3 Å². The highest BCUT2D eigenvalue weighted by molar-refractivity contribution is 6.35. The van der Waals surface area contributed by atoms with Crippen LogP contribution in [0.25, 0.3) is 0 Å². The Balaban J connectivity index is 1.91. The van der Waals surface area contributed by atoms with E-state index in [-0.39, 0.29) is 23.0 Å². The highest BCUT2D eigenvalue weighted by Crippen LogP contribution is 2.38. The lowest BCUT2D eigenvalue weighted by atomic mass is 9.95. The molecule has 146 valence electrons. The Morgan fingerprint density at radius 1 is 0.931 bits per heavy atom. The number of rotatable bonds is 2. The van der Waals surface area contributed by atoms with Gasteiger partial charge in [0, 0.05) is 21.3 Å². The van der Waals surface area contributed by atoms with Gasteiger partial charge in [-0.3, -0.25) is 9.59 Å². The lowest BCUT2D eigenvalue weighted by molar-refractivity contribution is -0.117. The first-order chi connectivity index (χ1) is 13.9. The molecule has 1 aliphatic heterocycles. The van der Waals surface area contributed by atoms with Crippen LogP contribution in [0.2, 0.25) is 15.1 Å². The smallest absolute Gasteiger partial charge is 0.256 e. The molecule has 3 aromatic rings. The van der Waals surface area contributed by atoms with Crippen LogP contribution in [0.4, 0.5) is 5.69 Å². The predicted octanol–water partition coefficient (Wildman–Crippen LogP) is 5.83. The predicted molar refractivity (Wildman–Crippen MR) is 116 cm³/mol. The van der Waals surface area contributed by atoms with Crippen molar-refractivity contribution in [2.45, 2.75) is 6.04 Å². The highest BCUT2D eigenvalue weighted by atomic mass is 35.5. The molecule has 7 heteroatoms. The van der Waals surface area contributed by atoms with Crippen molar-refractivity contribution < 1.29 is 9.59 Å². The van der Waals surface area contributed by atoms with Crippen LogP contribution < -0.4 is 5.32 Å². The molecule has 0 saturated heterocycles. The highest BCUT2D eigenvalue weighted by Gasteiger charge is 2.34. The topological polar surface area (TPSA) is 49.4 Å². The second kappa shape index (κ2) is 8.07. The van der Waals surface area contributed by atoms with Crippen molar-refractivity contribution in [3.8, 4) is 0 Å². The molecule has 0 bridgehead atoms. The zero-order valence-electron chi connectivity index (χ0n) is 15.0. The lowest BCUT2D eigenvalue weighted by Gasteiger charge is -2.31.